The van der Waals surface area contributed by atoms with Crippen LogP contribution in [-0.4, -0.2) is 38.3 Å². The lowest BCUT2D eigenvalue weighted by molar-refractivity contribution is -0.117. The molecule has 1 aromatic carbocycles. The zero-order chi connectivity index (χ0) is 23.5. The highest BCUT2D eigenvalue weighted by molar-refractivity contribution is 6.16. The summed E-state index contributed by atoms with van der Waals surface area (Å²) >= 11 is 0. The van der Waals surface area contributed by atoms with Gasteiger partial charge in [-0.2, -0.15) is 5.26 Å². The smallest absolute Gasteiger partial charge is 0.231 e. The Morgan fingerprint density at radius 2 is 1.88 bits per heavy atom. The number of pyridine rings is 1. The van der Waals surface area contributed by atoms with Gasteiger partial charge in [0, 0.05) is 42.6 Å². The number of amides is 1. The third-order valence-electron chi connectivity index (χ3n) is 5.48. The molecule has 0 radical (unpaired) electrons. The second-order valence-corrected chi connectivity index (χ2v) is 8.00. The first kappa shape index (κ1) is 21.8. The summed E-state index contributed by atoms with van der Waals surface area (Å²) in [6.07, 6.45) is 8.10. The van der Waals surface area contributed by atoms with Crippen LogP contribution in [0.3, 0.4) is 0 Å². The third kappa shape index (κ3) is 4.34. The number of aromatic nitrogens is 4. The number of benzene rings is 1. The number of nitriles is 1. The van der Waals surface area contributed by atoms with Gasteiger partial charge in [0.1, 0.15) is 12.0 Å². The van der Waals surface area contributed by atoms with Gasteiger partial charge in [0.25, 0.3) is 0 Å². The minimum Gasteiger partial charge on any atom is -0.329 e. The van der Waals surface area contributed by atoms with Crippen molar-refractivity contribution in [3.05, 3.63) is 83.7 Å². The second kappa shape index (κ2) is 9.01. The lowest BCUT2D eigenvalue weighted by Gasteiger charge is -2.17. The molecule has 4 aromatic rings. The van der Waals surface area contributed by atoms with Gasteiger partial charge in [-0.05, 0) is 37.6 Å². The number of anilines is 1. The van der Waals surface area contributed by atoms with Crippen LogP contribution in [0.25, 0.3) is 11.0 Å². The maximum Gasteiger partial charge on any atom is 0.231 e. The van der Waals surface area contributed by atoms with Crippen molar-refractivity contribution in [2.45, 2.75) is 26.3 Å². The summed E-state index contributed by atoms with van der Waals surface area (Å²) in [5, 5.41) is 9.59. The molecule has 0 aliphatic heterocycles. The van der Waals surface area contributed by atoms with Crippen molar-refractivity contribution in [3.63, 3.8) is 0 Å². The lowest BCUT2D eigenvalue weighted by Crippen LogP contribution is -2.28. The summed E-state index contributed by atoms with van der Waals surface area (Å²) in [7, 11) is 1.65. The number of ketones is 1. The maximum absolute atomic E-state index is 13.4. The molecule has 164 valence electrons. The van der Waals surface area contributed by atoms with Gasteiger partial charge in [0.15, 0.2) is 5.78 Å². The Hall–Kier alpha value is -4.38. The molecule has 0 unspecified atom stereocenters. The highest BCUT2D eigenvalue weighted by atomic mass is 16.2. The molecule has 3 heterocycles. The van der Waals surface area contributed by atoms with Crippen LogP contribution in [0.5, 0.6) is 0 Å². The van der Waals surface area contributed by atoms with E-state index >= 15 is 0 Å². The summed E-state index contributed by atoms with van der Waals surface area (Å²) in [5.74, 6) is -0.368. The molecule has 1 amide bonds. The van der Waals surface area contributed by atoms with Gasteiger partial charge in [-0.3, -0.25) is 14.6 Å². The van der Waals surface area contributed by atoms with Gasteiger partial charge in [-0.1, -0.05) is 12.1 Å². The molecular formula is C25H22N6O2. The average Bonchev–Trinajstić information content (AvgIpc) is 3.23. The molecule has 0 aliphatic carbocycles. The fraction of sp³-hybridized carbons (Fsp3) is 0.200. The summed E-state index contributed by atoms with van der Waals surface area (Å²) in [6, 6.07) is 10.7. The molecule has 0 bridgehead atoms. The minimum absolute atomic E-state index is 0.124. The molecule has 0 aliphatic rings. The first-order chi connectivity index (χ1) is 15.9. The average molecular weight is 438 g/mol. The van der Waals surface area contributed by atoms with E-state index in [-0.39, 0.29) is 24.2 Å². The second-order valence-electron chi connectivity index (χ2n) is 8.00. The van der Waals surface area contributed by atoms with Gasteiger partial charge >= 0.3 is 0 Å². The van der Waals surface area contributed by atoms with E-state index in [2.05, 4.69) is 21.0 Å². The number of hydrogen-bond acceptors (Lipinski definition) is 6. The van der Waals surface area contributed by atoms with Crippen molar-refractivity contribution < 1.29 is 9.59 Å². The van der Waals surface area contributed by atoms with Crippen LogP contribution in [0.4, 0.5) is 5.69 Å². The number of carbonyl (C=O) groups excluding carboxylic acids is 2. The normalized spacial score (nSPS) is 10.9. The highest BCUT2D eigenvalue weighted by Crippen LogP contribution is 2.25. The molecule has 8 heteroatoms. The molecule has 3 aromatic heterocycles. The molecular weight excluding hydrogens is 416 g/mol. The third-order valence-corrected chi connectivity index (χ3v) is 5.48. The van der Waals surface area contributed by atoms with E-state index in [9.17, 15) is 9.59 Å². The van der Waals surface area contributed by atoms with E-state index in [4.69, 9.17) is 5.26 Å². The van der Waals surface area contributed by atoms with E-state index in [1.807, 2.05) is 18.4 Å². The Labute approximate surface area is 191 Å². The number of rotatable bonds is 6. The van der Waals surface area contributed by atoms with Crippen LogP contribution in [0.15, 0.2) is 61.4 Å². The summed E-state index contributed by atoms with van der Waals surface area (Å²) < 4.78 is 1.94. The van der Waals surface area contributed by atoms with Crippen LogP contribution in [0.1, 0.15) is 46.9 Å². The van der Waals surface area contributed by atoms with Crippen LogP contribution in [0, 0.1) is 11.3 Å². The topological polar surface area (TPSA) is 105 Å². The van der Waals surface area contributed by atoms with Crippen LogP contribution >= 0.6 is 0 Å². The number of hydrogen-bond donors (Lipinski definition) is 0. The van der Waals surface area contributed by atoms with Crippen molar-refractivity contribution in [3.8, 4) is 6.07 Å². The number of fused-ring (bicyclic) bond motifs is 1. The van der Waals surface area contributed by atoms with E-state index < -0.39 is 0 Å². The first-order valence-electron chi connectivity index (χ1n) is 10.4. The lowest BCUT2D eigenvalue weighted by atomic mass is 10.1. The minimum atomic E-state index is -0.212. The van der Waals surface area contributed by atoms with Crippen LogP contribution in [0.2, 0.25) is 0 Å². The first-order valence-corrected chi connectivity index (χ1v) is 10.4. The molecule has 8 nitrogen and oxygen atoms in total. The molecule has 33 heavy (non-hydrogen) atoms. The quantitative estimate of drug-likeness (QED) is 0.425. The maximum atomic E-state index is 13.4. The van der Waals surface area contributed by atoms with Crippen molar-refractivity contribution in [2.75, 3.05) is 11.9 Å². The molecule has 0 atom stereocenters. The predicted octanol–water partition coefficient (Wildman–Crippen LogP) is 3.72. The Kier molecular flexibility index (Phi) is 5.96. The Balaban J connectivity index is 1.60. The molecule has 0 spiro atoms. The van der Waals surface area contributed by atoms with Gasteiger partial charge in [0.2, 0.25) is 5.91 Å². The van der Waals surface area contributed by atoms with Gasteiger partial charge in [0.05, 0.1) is 35.5 Å². The van der Waals surface area contributed by atoms with E-state index in [0.29, 0.717) is 33.4 Å². The van der Waals surface area contributed by atoms with E-state index in [0.717, 1.165) is 5.56 Å². The van der Waals surface area contributed by atoms with E-state index in [1.54, 1.807) is 56.0 Å². The Morgan fingerprint density at radius 3 is 2.58 bits per heavy atom. The largest absolute Gasteiger partial charge is 0.329 e. The molecule has 0 N–H and O–H groups in total. The van der Waals surface area contributed by atoms with Crippen molar-refractivity contribution in [2.24, 2.45) is 0 Å². The zero-order valence-corrected chi connectivity index (χ0v) is 18.6. The standard InChI is InChI=1S/C25H22N6O2/c1-16(2)31-14-22(21-13-28-15-29-25(21)31)24(33)19-9-20(12-27-11-19)30(3)23(32)8-17-4-6-18(10-26)7-5-17/h4-7,9,11-16H,8H2,1-3H3. The van der Waals surface area contributed by atoms with E-state index in [1.165, 1.54) is 17.4 Å². The number of carbonyl (C=O) groups is 2. The van der Waals surface area contributed by atoms with Gasteiger partial charge < -0.3 is 9.47 Å². The van der Waals surface area contributed by atoms with Crippen LogP contribution < -0.4 is 4.90 Å². The molecule has 0 saturated heterocycles. The predicted molar refractivity (Wildman–Crippen MR) is 124 cm³/mol. The number of nitrogens with zero attached hydrogens (tertiary/aromatic N) is 6. The molecule has 0 saturated carbocycles. The van der Waals surface area contributed by atoms with Crippen molar-refractivity contribution in [1.82, 2.24) is 19.5 Å². The van der Waals surface area contributed by atoms with Crippen LogP contribution in [-0.2, 0) is 11.2 Å². The summed E-state index contributed by atoms with van der Waals surface area (Å²) in [5.41, 5.74) is 3.42. The van der Waals surface area contributed by atoms with Gasteiger partial charge in [-0.25, -0.2) is 9.97 Å². The SMILES string of the molecule is CC(C)n1cc(C(=O)c2cncc(N(C)C(=O)Cc3ccc(C#N)cc3)c2)c2cncnc21. The Bertz CT molecular complexity index is 1380. The fourth-order valence-electron chi connectivity index (χ4n) is 3.59. The summed E-state index contributed by atoms with van der Waals surface area (Å²) in [6.45, 7) is 4.04. The highest BCUT2D eigenvalue weighted by Gasteiger charge is 2.21. The van der Waals surface area contributed by atoms with Crippen molar-refractivity contribution in [1.29, 1.82) is 5.26 Å². The monoisotopic (exact) mass is 438 g/mol. The fourth-order valence-corrected chi connectivity index (χ4v) is 3.59. The number of likely N-dealkylation sites (N-methyl/N-ethyl adjacent to an activating group) is 1. The molecule has 4 rings (SSSR count). The van der Waals surface area contributed by atoms with Gasteiger partial charge in [-0.15, -0.1) is 0 Å². The zero-order valence-electron chi connectivity index (χ0n) is 18.6. The summed E-state index contributed by atoms with van der Waals surface area (Å²) in [4.78, 5) is 40.2. The Morgan fingerprint density at radius 1 is 1.12 bits per heavy atom. The molecule has 0 fully saturated rings. The van der Waals surface area contributed by atoms with Crippen molar-refractivity contribution >= 4 is 28.4 Å².